The minimum absolute atomic E-state index is 0.134. The second-order valence-electron chi connectivity index (χ2n) is 4.27. The minimum Gasteiger partial charge on any atom is -0.265 e. The van der Waals surface area contributed by atoms with Crippen molar-refractivity contribution in [1.82, 2.24) is 0 Å². The third-order valence-corrected chi connectivity index (χ3v) is 5.43. The van der Waals surface area contributed by atoms with Crippen molar-refractivity contribution in [2.45, 2.75) is 11.3 Å². The molecular weight excluding hydrogens is 399 g/mol. The maximum atomic E-state index is 12.8. The van der Waals surface area contributed by atoms with E-state index in [1.807, 2.05) is 12.1 Å². The molecule has 21 heavy (non-hydrogen) atoms. The van der Waals surface area contributed by atoms with Gasteiger partial charge in [0.05, 0.1) is 23.1 Å². The number of nitriles is 1. The van der Waals surface area contributed by atoms with Crippen molar-refractivity contribution in [3.05, 3.63) is 58.2 Å². The maximum Gasteiger partial charge on any atom is 0.264 e. The Morgan fingerprint density at radius 2 is 1.67 bits per heavy atom. The van der Waals surface area contributed by atoms with Gasteiger partial charge in [-0.1, -0.05) is 18.2 Å². The van der Waals surface area contributed by atoms with Gasteiger partial charge in [0.25, 0.3) is 10.0 Å². The number of hydrogen-bond donors (Lipinski definition) is 0. The first-order chi connectivity index (χ1) is 10.1. The molecule has 108 valence electrons. The predicted molar refractivity (Wildman–Crippen MR) is 90.4 cm³/mol. The summed E-state index contributed by atoms with van der Waals surface area (Å²) in [5.41, 5.74) is 0.561. The van der Waals surface area contributed by atoms with Crippen molar-refractivity contribution < 1.29 is 8.42 Å². The van der Waals surface area contributed by atoms with Crippen LogP contribution in [0, 0.1) is 14.9 Å². The highest BCUT2D eigenvalue weighted by Crippen LogP contribution is 2.24. The van der Waals surface area contributed by atoms with E-state index in [0.717, 1.165) is 3.57 Å². The Kier molecular flexibility index (Phi) is 5.20. The first-order valence-electron chi connectivity index (χ1n) is 6.26. The van der Waals surface area contributed by atoms with Gasteiger partial charge in [-0.3, -0.25) is 4.31 Å². The number of anilines is 1. The van der Waals surface area contributed by atoms with Gasteiger partial charge in [0.2, 0.25) is 0 Å². The lowest BCUT2D eigenvalue weighted by Crippen LogP contribution is -2.31. The monoisotopic (exact) mass is 412 g/mol. The number of rotatable bonds is 5. The van der Waals surface area contributed by atoms with E-state index in [9.17, 15) is 8.42 Å². The number of hydrogen-bond acceptors (Lipinski definition) is 3. The van der Waals surface area contributed by atoms with Crippen LogP contribution in [0.2, 0.25) is 0 Å². The number of benzene rings is 2. The Morgan fingerprint density at radius 3 is 2.24 bits per heavy atom. The smallest absolute Gasteiger partial charge is 0.264 e. The zero-order chi connectivity index (χ0) is 15.3. The van der Waals surface area contributed by atoms with Gasteiger partial charge in [-0.15, -0.1) is 0 Å². The number of sulfonamides is 1. The van der Waals surface area contributed by atoms with E-state index in [-0.39, 0.29) is 17.9 Å². The Morgan fingerprint density at radius 1 is 1.05 bits per heavy atom. The number of nitrogens with zero attached hydrogens (tertiary/aromatic N) is 2. The Labute approximate surface area is 138 Å². The lowest BCUT2D eigenvalue weighted by molar-refractivity contribution is 0.591. The zero-order valence-electron chi connectivity index (χ0n) is 11.1. The van der Waals surface area contributed by atoms with E-state index in [0.29, 0.717) is 5.69 Å². The van der Waals surface area contributed by atoms with Gasteiger partial charge in [-0.2, -0.15) is 5.26 Å². The molecule has 0 bridgehead atoms. The molecule has 2 aromatic rings. The maximum absolute atomic E-state index is 12.8. The summed E-state index contributed by atoms with van der Waals surface area (Å²) in [6.45, 7) is 0.134. The number of halogens is 1. The van der Waals surface area contributed by atoms with Crippen LogP contribution in [0.4, 0.5) is 5.69 Å². The molecule has 0 aliphatic heterocycles. The van der Waals surface area contributed by atoms with Gasteiger partial charge in [-0.25, -0.2) is 8.42 Å². The molecule has 4 nitrogen and oxygen atoms in total. The Bertz CT molecular complexity index is 737. The average molecular weight is 412 g/mol. The second kappa shape index (κ2) is 6.91. The van der Waals surface area contributed by atoms with Crippen LogP contribution >= 0.6 is 22.6 Å². The molecule has 0 aliphatic carbocycles. The van der Waals surface area contributed by atoms with Crippen molar-refractivity contribution >= 4 is 38.3 Å². The summed E-state index contributed by atoms with van der Waals surface area (Å²) in [7, 11) is -3.66. The van der Waals surface area contributed by atoms with E-state index in [2.05, 4.69) is 22.6 Å². The van der Waals surface area contributed by atoms with Crippen molar-refractivity contribution in [3.63, 3.8) is 0 Å². The third-order valence-electron chi connectivity index (χ3n) is 2.87. The van der Waals surface area contributed by atoms with Gasteiger partial charge < -0.3 is 0 Å². The van der Waals surface area contributed by atoms with Crippen LogP contribution in [-0.2, 0) is 10.0 Å². The van der Waals surface area contributed by atoms with Crippen molar-refractivity contribution in [2.75, 3.05) is 10.8 Å². The summed E-state index contributed by atoms with van der Waals surface area (Å²) in [4.78, 5) is 0.227. The fourth-order valence-corrected chi connectivity index (χ4v) is 3.69. The van der Waals surface area contributed by atoms with E-state index in [1.54, 1.807) is 48.5 Å². The normalized spacial score (nSPS) is 10.9. The predicted octanol–water partition coefficient (Wildman–Crippen LogP) is 3.40. The second-order valence-corrected chi connectivity index (χ2v) is 7.38. The van der Waals surface area contributed by atoms with Crippen LogP contribution in [0.5, 0.6) is 0 Å². The van der Waals surface area contributed by atoms with Crippen LogP contribution in [0.1, 0.15) is 6.42 Å². The fourth-order valence-electron chi connectivity index (χ4n) is 1.87. The van der Waals surface area contributed by atoms with E-state index < -0.39 is 10.0 Å². The minimum atomic E-state index is -3.66. The molecule has 2 aromatic carbocycles. The number of para-hydroxylation sites is 1. The molecule has 2 rings (SSSR count). The van der Waals surface area contributed by atoms with Crippen LogP contribution in [0.25, 0.3) is 0 Å². The standard InChI is InChI=1S/C15H13IN2O2S/c16-13-7-9-15(10-8-13)21(19,20)18(12-4-11-17)14-5-2-1-3-6-14/h1-3,5-10H,4,12H2. The summed E-state index contributed by atoms with van der Waals surface area (Å²) < 4.78 is 27.8. The molecule has 0 spiro atoms. The van der Waals surface area contributed by atoms with Crippen molar-refractivity contribution in [2.24, 2.45) is 0 Å². The molecule has 0 saturated heterocycles. The topological polar surface area (TPSA) is 61.2 Å². The average Bonchev–Trinajstić information content (AvgIpc) is 2.49. The summed E-state index contributed by atoms with van der Waals surface area (Å²) in [5.74, 6) is 0. The Balaban J connectivity index is 2.45. The molecule has 0 aromatic heterocycles. The van der Waals surface area contributed by atoms with Crippen molar-refractivity contribution in [1.29, 1.82) is 5.26 Å². The van der Waals surface area contributed by atoms with Crippen LogP contribution in [-0.4, -0.2) is 15.0 Å². The molecule has 0 aliphatic rings. The molecule has 0 saturated carbocycles. The van der Waals surface area contributed by atoms with Crippen molar-refractivity contribution in [3.8, 4) is 6.07 Å². The van der Waals surface area contributed by atoms with Gasteiger partial charge in [-0.05, 0) is 59.0 Å². The van der Waals surface area contributed by atoms with Crippen LogP contribution in [0.3, 0.4) is 0 Å². The molecule has 6 heteroatoms. The lowest BCUT2D eigenvalue weighted by atomic mass is 10.3. The summed E-state index contributed by atoms with van der Waals surface area (Å²) in [6, 6.07) is 17.5. The molecule has 0 atom stereocenters. The molecule has 0 fully saturated rings. The Hall–Kier alpha value is -1.59. The van der Waals surface area contributed by atoms with Gasteiger partial charge in [0, 0.05) is 10.1 Å². The van der Waals surface area contributed by atoms with Crippen LogP contribution in [0.15, 0.2) is 59.5 Å². The summed E-state index contributed by atoms with van der Waals surface area (Å²) >= 11 is 2.12. The highest BCUT2D eigenvalue weighted by atomic mass is 127. The highest BCUT2D eigenvalue weighted by molar-refractivity contribution is 14.1. The summed E-state index contributed by atoms with van der Waals surface area (Å²) in [6.07, 6.45) is 0.137. The molecular formula is C15H13IN2O2S. The molecule has 0 heterocycles. The highest BCUT2D eigenvalue weighted by Gasteiger charge is 2.24. The first-order valence-corrected chi connectivity index (χ1v) is 8.78. The SMILES string of the molecule is N#CCCN(c1ccccc1)S(=O)(=O)c1ccc(I)cc1. The lowest BCUT2D eigenvalue weighted by Gasteiger charge is -2.23. The molecule has 0 N–H and O–H groups in total. The molecule has 0 unspecified atom stereocenters. The van der Waals surface area contributed by atoms with E-state index in [4.69, 9.17) is 5.26 Å². The first kappa shape index (κ1) is 15.8. The molecule has 0 radical (unpaired) electrons. The van der Waals surface area contributed by atoms with Gasteiger partial charge in [0.15, 0.2) is 0 Å². The van der Waals surface area contributed by atoms with E-state index in [1.165, 1.54) is 4.31 Å². The van der Waals surface area contributed by atoms with Gasteiger partial charge >= 0.3 is 0 Å². The zero-order valence-corrected chi connectivity index (χ0v) is 14.1. The van der Waals surface area contributed by atoms with E-state index >= 15 is 0 Å². The largest absolute Gasteiger partial charge is 0.265 e. The molecule has 0 amide bonds. The van der Waals surface area contributed by atoms with Gasteiger partial charge in [0.1, 0.15) is 0 Å². The quantitative estimate of drug-likeness (QED) is 0.708. The summed E-state index contributed by atoms with van der Waals surface area (Å²) in [5, 5.41) is 8.76. The van der Waals surface area contributed by atoms with Crippen LogP contribution < -0.4 is 4.31 Å². The fraction of sp³-hybridized carbons (Fsp3) is 0.133. The third kappa shape index (κ3) is 3.74.